The molecule has 1 aliphatic heterocycles. The van der Waals surface area contributed by atoms with Crippen molar-refractivity contribution in [2.75, 3.05) is 11.4 Å². The van der Waals surface area contributed by atoms with E-state index in [0.29, 0.717) is 41.2 Å². The Morgan fingerprint density at radius 3 is 2.54 bits per heavy atom. The predicted molar refractivity (Wildman–Crippen MR) is 149 cm³/mol. The maximum absolute atomic E-state index is 13.8. The molecule has 0 spiro atoms. The number of nitrogens with one attached hydrogen (secondary N) is 1. The lowest BCUT2D eigenvalue weighted by atomic mass is 10.00. The molecule has 2 aromatic carbocycles. The van der Waals surface area contributed by atoms with E-state index in [1.165, 1.54) is 18.2 Å². The number of hydrogen-bond acceptors (Lipinski definition) is 6. The van der Waals surface area contributed by atoms with Crippen molar-refractivity contribution >= 4 is 21.2 Å². The molecule has 0 radical (unpaired) electrons. The number of para-hydroxylation sites is 1. The van der Waals surface area contributed by atoms with Crippen LogP contribution in [0.4, 0.5) is 15.8 Å². The summed E-state index contributed by atoms with van der Waals surface area (Å²) in [5, 5.41) is 11.5. The molecule has 3 heterocycles. The first kappa shape index (κ1) is 26.6. The summed E-state index contributed by atoms with van der Waals surface area (Å²) in [7, 11) is -4.39. The van der Waals surface area contributed by atoms with Crippen molar-refractivity contribution in [1.29, 1.82) is 0 Å². The predicted octanol–water partition coefficient (Wildman–Crippen LogP) is 5.85. The Balaban J connectivity index is 1.63. The monoisotopic (exact) mass is 547 g/mol. The fourth-order valence-corrected chi connectivity index (χ4v) is 6.59. The van der Waals surface area contributed by atoms with Gasteiger partial charge in [0.15, 0.2) is 10.6 Å². The average Bonchev–Trinajstić information content (AvgIpc) is 2.91. The van der Waals surface area contributed by atoms with Gasteiger partial charge in [-0.15, -0.1) is 0 Å². The number of nitrogens with zero attached hydrogens (tertiary/aromatic N) is 2. The number of hydrogen-bond donors (Lipinski definition) is 2. The fourth-order valence-electron chi connectivity index (χ4n) is 5.22. The van der Waals surface area contributed by atoms with Crippen LogP contribution >= 0.6 is 0 Å². The molecule has 0 unspecified atom stereocenters. The van der Waals surface area contributed by atoms with Gasteiger partial charge in [-0.2, -0.15) is 4.39 Å². The standard InChI is InChI=1S/C30H30FN3O4S/c1-3-4-10-24-27(34-18-7-9-21-8-5-6-11-25(21)34)28(35)29(30(36)33-24)39(37,38)22-14-12-20(13-15-22)23-16-17-26(31)32-19(23)2/h5-6,8,11-17H,3-4,7,9-10,18H2,1-2H3,(H2,33,35,36). The first-order valence-corrected chi connectivity index (χ1v) is 14.5. The lowest BCUT2D eigenvalue weighted by Gasteiger charge is -2.33. The first-order valence-electron chi connectivity index (χ1n) is 13.0. The summed E-state index contributed by atoms with van der Waals surface area (Å²) in [4.78, 5) is 21.0. The summed E-state index contributed by atoms with van der Waals surface area (Å²) in [6.07, 6.45) is 3.83. The second-order valence-electron chi connectivity index (χ2n) is 9.74. The molecule has 2 N–H and O–H groups in total. The number of aromatic amines is 1. The molecule has 0 atom stereocenters. The third kappa shape index (κ3) is 4.94. The van der Waals surface area contributed by atoms with Crippen LogP contribution in [0.25, 0.3) is 11.1 Å². The normalized spacial score (nSPS) is 13.4. The van der Waals surface area contributed by atoms with E-state index in [1.807, 2.05) is 36.1 Å². The summed E-state index contributed by atoms with van der Waals surface area (Å²) in [6, 6.07) is 16.6. The zero-order chi connectivity index (χ0) is 27.7. The van der Waals surface area contributed by atoms with Gasteiger partial charge in [-0.3, -0.25) is 4.79 Å². The van der Waals surface area contributed by atoms with Crippen LogP contribution in [0.15, 0.2) is 75.2 Å². The smallest absolute Gasteiger partial charge is 0.271 e. The van der Waals surface area contributed by atoms with Gasteiger partial charge in [0.05, 0.1) is 4.90 Å². The van der Waals surface area contributed by atoms with Gasteiger partial charge in [-0.25, -0.2) is 13.4 Å². The van der Waals surface area contributed by atoms with E-state index in [1.54, 1.807) is 25.1 Å². The number of anilines is 2. The van der Waals surface area contributed by atoms with Gasteiger partial charge >= 0.3 is 0 Å². The van der Waals surface area contributed by atoms with Crippen LogP contribution in [0.5, 0.6) is 5.75 Å². The average molecular weight is 548 g/mol. The van der Waals surface area contributed by atoms with Gasteiger partial charge in [-0.05, 0) is 74.1 Å². The largest absolute Gasteiger partial charge is 0.504 e. The number of aryl methyl sites for hydroxylation is 3. The molecular formula is C30H30FN3O4S. The summed E-state index contributed by atoms with van der Waals surface area (Å²) in [6.45, 7) is 4.27. The molecular weight excluding hydrogens is 517 g/mol. The molecule has 9 heteroatoms. The van der Waals surface area contributed by atoms with E-state index < -0.39 is 32.0 Å². The number of fused-ring (bicyclic) bond motifs is 1. The molecule has 0 saturated heterocycles. The van der Waals surface area contributed by atoms with Gasteiger partial charge in [0.2, 0.25) is 15.8 Å². The van der Waals surface area contributed by atoms with E-state index in [4.69, 9.17) is 0 Å². The highest BCUT2D eigenvalue weighted by atomic mass is 32.2. The minimum absolute atomic E-state index is 0.133. The minimum Gasteiger partial charge on any atom is -0.504 e. The van der Waals surface area contributed by atoms with Crippen LogP contribution in [-0.4, -0.2) is 30.0 Å². The number of H-pyrrole nitrogens is 1. The number of halogens is 1. The van der Waals surface area contributed by atoms with Gasteiger partial charge in [-0.1, -0.05) is 43.7 Å². The molecule has 2 aromatic heterocycles. The number of rotatable bonds is 7. The maximum atomic E-state index is 13.8. The summed E-state index contributed by atoms with van der Waals surface area (Å²) in [5.74, 6) is -1.14. The zero-order valence-corrected chi connectivity index (χ0v) is 22.7. The molecule has 4 aromatic rings. The minimum atomic E-state index is -4.39. The summed E-state index contributed by atoms with van der Waals surface area (Å²) in [5.41, 5.74) is 3.76. The van der Waals surface area contributed by atoms with Crippen molar-refractivity contribution in [2.24, 2.45) is 0 Å². The van der Waals surface area contributed by atoms with Crippen LogP contribution in [-0.2, 0) is 22.7 Å². The topological polar surface area (TPSA) is 103 Å². The van der Waals surface area contributed by atoms with E-state index >= 15 is 0 Å². The van der Waals surface area contributed by atoms with Crippen LogP contribution in [0.3, 0.4) is 0 Å². The Morgan fingerprint density at radius 2 is 1.82 bits per heavy atom. The molecule has 202 valence electrons. The van der Waals surface area contributed by atoms with Gasteiger partial charge in [0.25, 0.3) is 5.56 Å². The van der Waals surface area contributed by atoms with E-state index in [9.17, 15) is 22.7 Å². The van der Waals surface area contributed by atoms with Gasteiger partial charge in [0, 0.05) is 29.2 Å². The van der Waals surface area contributed by atoms with E-state index in [-0.39, 0.29) is 4.90 Å². The highest BCUT2D eigenvalue weighted by Crippen LogP contribution is 2.43. The Labute approximate surface area is 226 Å². The number of benzene rings is 2. The Kier molecular flexibility index (Phi) is 7.27. The van der Waals surface area contributed by atoms with Crippen LogP contribution in [0, 0.1) is 12.9 Å². The van der Waals surface area contributed by atoms with Gasteiger partial charge < -0.3 is 15.0 Å². The highest BCUT2D eigenvalue weighted by Gasteiger charge is 2.32. The van der Waals surface area contributed by atoms with Crippen molar-refractivity contribution in [1.82, 2.24) is 9.97 Å². The van der Waals surface area contributed by atoms with Gasteiger partial charge in [0.1, 0.15) is 5.69 Å². The van der Waals surface area contributed by atoms with E-state index in [2.05, 4.69) is 9.97 Å². The van der Waals surface area contributed by atoms with Crippen molar-refractivity contribution in [3.63, 3.8) is 0 Å². The van der Waals surface area contributed by atoms with Crippen LogP contribution < -0.4 is 10.5 Å². The molecule has 39 heavy (non-hydrogen) atoms. The Hall–Kier alpha value is -3.98. The summed E-state index contributed by atoms with van der Waals surface area (Å²) >= 11 is 0. The van der Waals surface area contributed by atoms with Crippen LogP contribution in [0.1, 0.15) is 43.1 Å². The molecule has 0 bridgehead atoms. The Morgan fingerprint density at radius 1 is 1.08 bits per heavy atom. The van der Waals surface area contributed by atoms with E-state index in [0.717, 1.165) is 36.9 Å². The number of sulfone groups is 1. The molecule has 0 amide bonds. The zero-order valence-electron chi connectivity index (χ0n) is 21.9. The van der Waals surface area contributed by atoms with Crippen molar-refractivity contribution in [2.45, 2.75) is 55.7 Å². The molecule has 5 rings (SSSR count). The number of unbranched alkanes of at least 4 members (excludes halogenated alkanes) is 1. The third-order valence-corrected chi connectivity index (χ3v) is 8.96. The molecule has 1 aliphatic rings. The number of pyridine rings is 2. The molecule has 7 nitrogen and oxygen atoms in total. The Bertz CT molecular complexity index is 1700. The second kappa shape index (κ2) is 10.6. The molecule has 0 saturated carbocycles. The van der Waals surface area contributed by atoms with Crippen molar-refractivity contribution < 1.29 is 17.9 Å². The quantitative estimate of drug-likeness (QED) is 0.281. The van der Waals surface area contributed by atoms with Crippen molar-refractivity contribution in [3.8, 4) is 16.9 Å². The van der Waals surface area contributed by atoms with Crippen LogP contribution in [0.2, 0.25) is 0 Å². The van der Waals surface area contributed by atoms with Crippen molar-refractivity contribution in [3.05, 3.63) is 93.9 Å². The highest BCUT2D eigenvalue weighted by molar-refractivity contribution is 7.91. The number of aromatic hydroxyl groups is 1. The SMILES string of the molecule is CCCCc1[nH]c(=O)c(S(=O)(=O)c2ccc(-c3ccc(F)nc3C)cc2)c(O)c1N1CCCc2ccccc21. The number of aromatic nitrogens is 2. The lowest BCUT2D eigenvalue weighted by molar-refractivity contribution is 0.453. The molecule has 0 fully saturated rings. The third-order valence-electron chi connectivity index (χ3n) is 7.15. The maximum Gasteiger partial charge on any atom is 0.271 e. The summed E-state index contributed by atoms with van der Waals surface area (Å²) < 4.78 is 41.0. The fraction of sp³-hybridized carbons (Fsp3) is 0.267. The second-order valence-corrected chi connectivity index (χ2v) is 11.6. The molecule has 0 aliphatic carbocycles. The lowest BCUT2D eigenvalue weighted by Crippen LogP contribution is -2.29. The first-order chi connectivity index (χ1) is 18.7.